The monoisotopic (exact) mass is 305 g/mol. The molecule has 0 N–H and O–H groups in total. The first-order chi connectivity index (χ1) is 10.7. The van der Waals surface area contributed by atoms with Gasteiger partial charge >= 0.3 is 0 Å². The van der Waals surface area contributed by atoms with Crippen LogP contribution in [0.25, 0.3) is 0 Å². The van der Waals surface area contributed by atoms with Crippen molar-refractivity contribution in [3.63, 3.8) is 0 Å². The molecule has 0 bridgehead atoms. The van der Waals surface area contributed by atoms with Crippen LogP contribution in [0.3, 0.4) is 0 Å². The van der Waals surface area contributed by atoms with Gasteiger partial charge in [-0.2, -0.15) is 0 Å². The quantitative estimate of drug-likeness (QED) is 0.589. The van der Waals surface area contributed by atoms with Crippen molar-refractivity contribution in [2.75, 3.05) is 11.9 Å². The maximum Gasteiger partial charge on any atom is 0.0408 e. The van der Waals surface area contributed by atoms with Crippen LogP contribution in [0.1, 0.15) is 5.56 Å². The van der Waals surface area contributed by atoms with Crippen LogP contribution in [0.5, 0.6) is 0 Å². The van der Waals surface area contributed by atoms with Crippen molar-refractivity contribution in [3.05, 3.63) is 84.4 Å². The van der Waals surface area contributed by atoms with Crippen molar-refractivity contribution < 1.29 is 0 Å². The van der Waals surface area contributed by atoms with E-state index in [1.165, 1.54) is 26.7 Å². The average Bonchev–Trinajstić information content (AvgIpc) is 2.58. The van der Waals surface area contributed by atoms with Gasteiger partial charge < -0.3 is 4.90 Å². The summed E-state index contributed by atoms with van der Waals surface area (Å²) in [7, 11) is 2.09. The zero-order valence-electron chi connectivity index (χ0n) is 12.9. The Morgan fingerprint density at radius 3 is 1.73 bits per heavy atom. The van der Waals surface area contributed by atoms with Crippen molar-refractivity contribution in [3.8, 4) is 0 Å². The molecule has 0 aliphatic rings. The van der Waals surface area contributed by atoms with Crippen molar-refractivity contribution in [1.29, 1.82) is 0 Å². The molecule has 0 aliphatic heterocycles. The average molecular weight is 305 g/mol. The summed E-state index contributed by atoms with van der Waals surface area (Å²) in [5, 5.41) is 0. The van der Waals surface area contributed by atoms with Gasteiger partial charge in [0.15, 0.2) is 0 Å². The highest BCUT2D eigenvalue weighted by atomic mass is 32.2. The van der Waals surface area contributed by atoms with E-state index in [1.807, 2.05) is 6.07 Å². The Kier molecular flexibility index (Phi) is 4.50. The van der Waals surface area contributed by atoms with Crippen LogP contribution in [0.15, 0.2) is 88.7 Å². The Bertz CT molecular complexity index is 718. The summed E-state index contributed by atoms with van der Waals surface area (Å²) in [4.78, 5) is 4.73. The smallest absolute Gasteiger partial charge is 0.0408 e. The van der Waals surface area contributed by atoms with Crippen LogP contribution in [-0.2, 0) is 0 Å². The van der Waals surface area contributed by atoms with E-state index in [0.29, 0.717) is 0 Å². The molecule has 0 saturated heterocycles. The number of benzene rings is 3. The van der Waals surface area contributed by atoms with Gasteiger partial charge in [0.25, 0.3) is 0 Å². The first kappa shape index (κ1) is 14.7. The molecule has 1 nitrogen and oxygen atoms in total. The highest BCUT2D eigenvalue weighted by Gasteiger charge is 2.04. The summed E-state index contributed by atoms with van der Waals surface area (Å²) < 4.78 is 0. The van der Waals surface area contributed by atoms with E-state index in [9.17, 15) is 0 Å². The van der Waals surface area contributed by atoms with E-state index in [4.69, 9.17) is 0 Å². The summed E-state index contributed by atoms with van der Waals surface area (Å²) >= 11 is 1.79. The highest BCUT2D eigenvalue weighted by Crippen LogP contribution is 2.30. The third kappa shape index (κ3) is 3.52. The molecule has 3 aromatic rings. The van der Waals surface area contributed by atoms with Crippen LogP contribution >= 0.6 is 11.8 Å². The molecular formula is C20H19NS. The Hall–Kier alpha value is -2.19. The lowest BCUT2D eigenvalue weighted by atomic mass is 10.2. The second-order valence-corrected chi connectivity index (χ2v) is 6.45. The molecule has 0 amide bonds. The van der Waals surface area contributed by atoms with Crippen LogP contribution in [-0.4, -0.2) is 7.05 Å². The van der Waals surface area contributed by atoms with Gasteiger partial charge in [-0.05, 0) is 55.5 Å². The molecule has 3 aromatic carbocycles. The minimum absolute atomic E-state index is 1.19. The van der Waals surface area contributed by atoms with Crippen molar-refractivity contribution >= 4 is 23.1 Å². The van der Waals surface area contributed by atoms with Gasteiger partial charge in [-0.1, -0.05) is 47.7 Å². The molecule has 0 heterocycles. The minimum atomic E-state index is 1.19. The molecule has 0 unspecified atom stereocenters. The van der Waals surface area contributed by atoms with Gasteiger partial charge in [0.1, 0.15) is 0 Å². The summed E-state index contributed by atoms with van der Waals surface area (Å²) in [5.74, 6) is 0. The third-order valence-corrected chi connectivity index (χ3v) is 4.64. The first-order valence-electron chi connectivity index (χ1n) is 7.36. The summed E-state index contributed by atoms with van der Waals surface area (Å²) in [6, 6.07) is 27.8. The highest BCUT2D eigenvalue weighted by molar-refractivity contribution is 7.99. The van der Waals surface area contributed by atoms with Crippen LogP contribution < -0.4 is 4.90 Å². The second-order valence-electron chi connectivity index (χ2n) is 5.30. The summed E-state index contributed by atoms with van der Waals surface area (Å²) in [6.07, 6.45) is 0. The Balaban J connectivity index is 1.74. The van der Waals surface area contributed by atoms with Gasteiger partial charge in [-0.25, -0.2) is 0 Å². The number of para-hydroxylation sites is 1. The fourth-order valence-corrected chi connectivity index (χ4v) is 3.10. The SMILES string of the molecule is Cc1ccc(Sc2ccc(N(C)c3ccccc3)cc2)cc1. The number of nitrogens with zero attached hydrogens (tertiary/aromatic N) is 1. The van der Waals surface area contributed by atoms with Crippen LogP contribution in [0, 0.1) is 6.92 Å². The molecule has 0 fully saturated rings. The largest absolute Gasteiger partial charge is 0.345 e. The molecule has 110 valence electrons. The van der Waals surface area contributed by atoms with E-state index >= 15 is 0 Å². The predicted molar refractivity (Wildman–Crippen MR) is 96.2 cm³/mol. The Morgan fingerprint density at radius 2 is 1.14 bits per heavy atom. The van der Waals surface area contributed by atoms with Crippen LogP contribution in [0.2, 0.25) is 0 Å². The molecule has 22 heavy (non-hydrogen) atoms. The first-order valence-corrected chi connectivity index (χ1v) is 8.17. The topological polar surface area (TPSA) is 3.24 Å². The van der Waals surface area contributed by atoms with E-state index in [0.717, 1.165) is 0 Å². The minimum Gasteiger partial charge on any atom is -0.345 e. The lowest BCUT2D eigenvalue weighted by Crippen LogP contribution is -2.08. The Labute approximate surface area is 136 Å². The lowest BCUT2D eigenvalue weighted by molar-refractivity contribution is 1.20. The molecule has 0 aromatic heterocycles. The van der Waals surface area contributed by atoms with E-state index in [-0.39, 0.29) is 0 Å². The number of aryl methyl sites for hydroxylation is 1. The fraction of sp³-hybridized carbons (Fsp3) is 0.100. The molecule has 0 atom stereocenters. The van der Waals surface area contributed by atoms with Gasteiger partial charge in [0, 0.05) is 28.2 Å². The molecule has 0 radical (unpaired) electrons. The molecular weight excluding hydrogens is 286 g/mol. The number of hydrogen-bond donors (Lipinski definition) is 0. The molecule has 0 aliphatic carbocycles. The molecule has 3 rings (SSSR count). The summed E-state index contributed by atoms with van der Waals surface area (Å²) in [6.45, 7) is 2.11. The van der Waals surface area contributed by atoms with Crippen LogP contribution in [0.4, 0.5) is 11.4 Å². The van der Waals surface area contributed by atoms with Gasteiger partial charge in [-0.3, -0.25) is 0 Å². The standard InChI is InChI=1S/C20H19NS/c1-16-8-12-19(13-9-16)22-20-14-10-18(11-15-20)21(2)17-6-4-3-5-7-17/h3-15H,1-2H3. The zero-order valence-corrected chi connectivity index (χ0v) is 13.7. The van der Waals surface area contributed by atoms with E-state index in [1.54, 1.807) is 11.8 Å². The lowest BCUT2D eigenvalue weighted by Gasteiger charge is -2.19. The third-order valence-electron chi connectivity index (χ3n) is 3.62. The van der Waals surface area contributed by atoms with Crippen molar-refractivity contribution in [1.82, 2.24) is 0 Å². The normalized spacial score (nSPS) is 10.5. The van der Waals surface area contributed by atoms with Crippen molar-refractivity contribution in [2.45, 2.75) is 16.7 Å². The van der Waals surface area contributed by atoms with Gasteiger partial charge in [0.2, 0.25) is 0 Å². The fourth-order valence-electron chi connectivity index (χ4n) is 2.28. The number of anilines is 2. The molecule has 0 spiro atoms. The Morgan fingerprint density at radius 1 is 0.636 bits per heavy atom. The maximum absolute atomic E-state index is 2.19. The van der Waals surface area contributed by atoms with Gasteiger partial charge in [0.05, 0.1) is 0 Å². The number of hydrogen-bond acceptors (Lipinski definition) is 2. The zero-order chi connectivity index (χ0) is 15.4. The predicted octanol–water partition coefficient (Wildman–Crippen LogP) is 5.91. The van der Waals surface area contributed by atoms with E-state index in [2.05, 4.69) is 91.7 Å². The molecule has 2 heteroatoms. The summed E-state index contributed by atoms with van der Waals surface area (Å²) in [5.41, 5.74) is 3.69. The molecule has 0 saturated carbocycles. The van der Waals surface area contributed by atoms with E-state index < -0.39 is 0 Å². The maximum atomic E-state index is 2.19. The van der Waals surface area contributed by atoms with Gasteiger partial charge in [-0.15, -0.1) is 0 Å². The second kappa shape index (κ2) is 6.71. The number of rotatable bonds is 4. The van der Waals surface area contributed by atoms with Crippen molar-refractivity contribution in [2.24, 2.45) is 0 Å².